The maximum atomic E-state index is 12.4. The fourth-order valence-corrected chi connectivity index (χ4v) is 5.74. The Morgan fingerprint density at radius 1 is 1.36 bits per heavy atom. The topological polar surface area (TPSA) is 56.8 Å². The number of fused-ring (bicyclic) bond motifs is 3. The van der Waals surface area contributed by atoms with Crippen LogP contribution in [-0.2, 0) is 14.6 Å². The second kappa shape index (κ2) is 7.37. The molecule has 0 bridgehead atoms. The molecule has 0 saturated heterocycles. The van der Waals surface area contributed by atoms with Crippen LogP contribution >= 0.6 is 0 Å². The number of rotatable bonds is 5. The van der Waals surface area contributed by atoms with E-state index in [1.807, 2.05) is 12.1 Å². The third-order valence-electron chi connectivity index (χ3n) is 7.02. The Balaban J connectivity index is 1.90. The summed E-state index contributed by atoms with van der Waals surface area (Å²) >= 11 is 0. The molecule has 1 aliphatic heterocycles. The normalized spacial score (nSPS) is 26.8. The minimum atomic E-state index is -1.86. The SMILES string of the molecule is CNC(=O)C[C@@]12CC[C@H](O[Si](C)(C)C(C)(C)C)C[C@@H]1Oc1c(OC)cccc12. The molecule has 1 N–H and O–H groups in total. The maximum absolute atomic E-state index is 12.4. The number of nitrogens with one attached hydrogen (secondary N) is 1. The molecule has 5 nitrogen and oxygen atoms in total. The Labute approximate surface area is 170 Å². The van der Waals surface area contributed by atoms with Crippen molar-refractivity contribution in [2.45, 2.75) is 82.2 Å². The predicted molar refractivity (Wildman–Crippen MR) is 114 cm³/mol. The maximum Gasteiger partial charge on any atom is 0.220 e. The van der Waals surface area contributed by atoms with Gasteiger partial charge >= 0.3 is 0 Å². The van der Waals surface area contributed by atoms with Crippen LogP contribution in [0.25, 0.3) is 0 Å². The third kappa shape index (κ3) is 3.57. The molecule has 1 saturated carbocycles. The van der Waals surface area contributed by atoms with Gasteiger partial charge in [-0.3, -0.25) is 4.79 Å². The van der Waals surface area contributed by atoms with Crippen molar-refractivity contribution in [3.63, 3.8) is 0 Å². The first-order valence-corrected chi connectivity index (χ1v) is 13.2. The number of methoxy groups -OCH3 is 1. The van der Waals surface area contributed by atoms with Gasteiger partial charge in [-0.15, -0.1) is 0 Å². The Bertz CT molecular complexity index is 743. The van der Waals surface area contributed by atoms with Gasteiger partial charge in [-0.1, -0.05) is 32.9 Å². The standard InChI is InChI=1S/C22H35NO4Si/c1-21(2,3)28(6,7)27-15-11-12-22(14-19(24)23-4)16-9-8-10-17(25-5)20(16)26-18(22)13-15/h8-10,15,18H,11-14H2,1-7H3,(H,23,24)/t15-,18-,22+/m0/s1. The fraction of sp³-hybridized carbons (Fsp3) is 0.682. The highest BCUT2D eigenvalue weighted by atomic mass is 28.4. The lowest BCUT2D eigenvalue weighted by Gasteiger charge is -2.45. The zero-order valence-electron chi connectivity index (χ0n) is 18.3. The number of amides is 1. The van der Waals surface area contributed by atoms with Crippen LogP contribution in [0, 0.1) is 0 Å². The molecule has 0 spiro atoms. The summed E-state index contributed by atoms with van der Waals surface area (Å²) in [7, 11) is 1.50. The molecule has 2 aliphatic rings. The average molecular weight is 406 g/mol. The van der Waals surface area contributed by atoms with Crippen LogP contribution in [0.15, 0.2) is 18.2 Å². The fourth-order valence-electron chi connectivity index (χ4n) is 4.34. The number of benzene rings is 1. The summed E-state index contributed by atoms with van der Waals surface area (Å²) in [6, 6.07) is 6.01. The summed E-state index contributed by atoms with van der Waals surface area (Å²) in [5.41, 5.74) is 0.795. The highest BCUT2D eigenvalue weighted by Crippen LogP contribution is 2.56. The van der Waals surface area contributed by atoms with Crippen LogP contribution in [0.2, 0.25) is 18.1 Å². The number of para-hydroxylation sites is 1. The molecule has 1 fully saturated rings. The van der Waals surface area contributed by atoms with E-state index in [9.17, 15) is 4.79 Å². The quantitative estimate of drug-likeness (QED) is 0.738. The lowest BCUT2D eigenvalue weighted by Crippen LogP contribution is -2.51. The number of hydrogen-bond acceptors (Lipinski definition) is 4. The van der Waals surface area contributed by atoms with E-state index < -0.39 is 8.32 Å². The van der Waals surface area contributed by atoms with Gasteiger partial charge in [0.2, 0.25) is 5.91 Å². The Kier molecular flexibility index (Phi) is 5.58. The second-order valence-electron chi connectivity index (χ2n) is 9.72. The van der Waals surface area contributed by atoms with Crippen molar-refractivity contribution in [3.8, 4) is 11.5 Å². The van der Waals surface area contributed by atoms with Crippen molar-refractivity contribution in [1.82, 2.24) is 5.32 Å². The van der Waals surface area contributed by atoms with Crippen molar-refractivity contribution in [2.24, 2.45) is 0 Å². The van der Waals surface area contributed by atoms with E-state index in [-0.39, 0.29) is 28.6 Å². The predicted octanol–water partition coefficient (Wildman–Crippen LogP) is 4.40. The monoisotopic (exact) mass is 405 g/mol. The van der Waals surface area contributed by atoms with Crippen LogP contribution in [0.4, 0.5) is 0 Å². The van der Waals surface area contributed by atoms with E-state index in [2.05, 4.69) is 45.2 Å². The summed E-state index contributed by atoms with van der Waals surface area (Å²) in [4.78, 5) is 12.4. The molecule has 3 rings (SSSR count). The zero-order chi connectivity index (χ0) is 20.7. The van der Waals surface area contributed by atoms with Gasteiger partial charge in [0.15, 0.2) is 19.8 Å². The average Bonchev–Trinajstić information content (AvgIpc) is 2.94. The summed E-state index contributed by atoms with van der Waals surface area (Å²) in [5, 5.41) is 2.97. The van der Waals surface area contributed by atoms with E-state index in [1.165, 1.54) is 0 Å². The second-order valence-corrected chi connectivity index (χ2v) is 14.5. The number of ether oxygens (including phenoxy) is 2. The molecule has 6 heteroatoms. The molecule has 1 aromatic carbocycles. The van der Waals surface area contributed by atoms with E-state index >= 15 is 0 Å². The van der Waals surface area contributed by atoms with Crippen molar-refractivity contribution in [3.05, 3.63) is 23.8 Å². The van der Waals surface area contributed by atoms with Crippen LogP contribution in [0.5, 0.6) is 11.5 Å². The summed E-state index contributed by atoms with van der Waals surface area (Å²) in [5.74, 6) is 1.59. The van der Waals surface area contributed by atoms with Gasteiger partial charge in [0.25, 0.3) is 0 Å². The molecule has 0 radical (unpaired) electrons. The first-order valence-electron chi connectivity index (χ1n) is 10.3. The molecule has 0 aromatic heterocycles. The Hall–Kier alpha value is -1.53. The molecule has 1 aliphatic carbocycles. The van der Waals surface area contributed by atoms with Crippen LogP contribution in [0.1, 0.15) is 52.0 Å². The third-order valence-corrected chi connectivity index (χ3v) is 11.6. The molecular weight excluding hydrogens is 370 g/mol. The molecule has 0 unspecified atom stereocenters. The van der Waals surface area contributed by atoms with Crippen molar-refractivity contribution in [2.75, 3.05) is 14.2 Å². The smallest absolute Gasteiger partial charge is 0.220 e. The van der Waals surface area contributed by atoms with Gasteiger partial charge in [0.05, 0.1) is 7.11 Å². The van der Waals surface area contributed by atoms with Crippen LogP contribution in [-0.4, -0.2) is 40.6 Å². The summed E-state index contributed by atoms with van der Waals surface area (Å²) in [6.45, 7) is 11.4. The molecular formula is C22H35NO4Si. The number of hydrogen-bond donors (Lipinski definition) is 1. The first kappa shape index (κ1) is 21.2. The molecule has 1 heterocycles. The van der Waals surface area contributed by atoms with Crippen LogP contribution < -0.4 is 14.8 Å². The minimum absolute atomic E-state index is 0.0491. The Morgan fingerprint density at radius 3 is 2.68 bits per heavy atom. The highest BCUT2D eigenvalue weighted by molar-refractivity contribution is 6.74. The van der Waals surface area contributed by atoms with Gasteiger partial charge in [-0.05, 0) is 37.0 Å². The minimum Gasteiger partial charge on any atom is -0.493 e. The molecule has 3 atom stereocenters. The van der Waals surface area contributed by atoms with Crippen molar-refractivity contribution < 1.29 is 18.7 Å². The van der Waals surface area contributed by atoms with Gasteiger partial charge in [0, 0.05) is 37.0 Å². The molecule has 1 amide bonds. The summed E-state index contributed by atoms with van der Waals surface area (Å²) in [6.07, 6.45) is 3.16. The molecule has 1 aromatic rings. The van der Waals surface area contributed by atoms with E-state index in [4.69, 9.17) is 13.9 Å². The van der Waals surface area contributed by atoms with Crippen molar-refractivity contribution in [1.29, 1.82) is 0 Å². The highest BCUT2D eigenvalue weighted by Gasteiger charge is 2.55. The Morgan fingerprint density at radius 2 is 2.07 bits per heavy atom. The number of carbonyl (C=O) groups excluding carboxylic acids is 1. The molecule has 28 heavy (non-hydrogen) atoms. The largest absolute Gasteiger partial charge is 0.493 e. The summed E-state index contributed by atoms with van der Waals surface area (Å²) < 4.78 is 18.7. The number of carbonyl (C=O) groups is 1. The lowest BCUT2D eigenvalue weighted by atomic mass is 9.66. The van der Waals surface area contributed by atoms with E-state index in [0.717, 1.165) is 36.3 Å². The first-order chi connectivity index (χ1) is 13.0. The van der Waals surface area contributed by atoms with Crippen LogP contribution in [0.3, 0.4) is 0 Å². The van der Waals surface area contributed by atoms with Gasteiger partial charge < -0.3 is 19.2 Å². The molecule has 156 valence electrons. The lowest BCUT2D eigenvalue weighted by molar-refractivity contribution is -0.123. The van der Waals surface area contributed by atoms with Gasteiger partial charge in [0.1, 0.15) is 6.10 Å². The van der Waals surface area contributed by atoms with Crippen molar-refractivity contribution >= 4 is 14.2 Å². The van der Waals surface area contributed by atoms with E-state index in [1.54, 1.807) is 14.2 Å². The zero-order valence-corrected chi connectivity index (χ0v) is 19.3. The van der Waals surface area contributed by atoms with Gasteiger partial charge in [-0.2, -0.15) is 0 Å². The van der Waals surface area contributed by atoms with Gasteiger partial charge in [-0.25, -0.2) is 0 Å². The van der Waals surface area contributed by atoms with E-state index in [0.29, 0.717) is 6.42 Å².